The molecule has 1 aromatic rings. The maximum absolute atomic E-state index is 12.3. The Morgan fingerprint density at radius 3 is 2.90 bits per heavy atom. The number of aryl methyl sites for hydroxylation is 1. The zero-order chi connectivity index (χ0) is 14.8. The third kappa shape index (κ3) is 3.32. The van der Waals surface area contributed by atoms with Crippen LogP contribution >= 0.6 is 0 Å². The third-order valence-corrected chi connectivity index (χ3v) is 3.43. The molecular weight excluding hydrogens is 254 g/mol. The van der Waals surface area contributed by atoms with Crippen molar-refractivity contribution < 1.29 is 9.53 Å². The summed E-state index contributed by atoms with van der Waals surface area (Å²) in [5, 5.41) is 0. The molecule has 0 saturated carbocycles. The number of hydrogen-bond donors (Lipinski definition) is 0. The van der Waals surface area contributed by atoms with Crippen molar-refractivity contribution >= 4 is 6.09 Å². The van der Waals surface area contributed by atoms with Crippen LogP contribution in [-0.4, -0.2) is 32.7 Å². The second-order valence-corrected chi connectivity index (χ2v) is 6.34. The predicted octanol–water partition coefficient (Wildman–Crippen LogP) is 3.37. The van der Waals surface area contributed by atoms with Crippen molar-refractivity contribution in [1.29, 1.82) is 0 Å². The molecule has 1 aliphatic heterocycles. The summed E-state index contributed by atoms with van der Waals surface area (Å²) in [6.07, 6.45) is 6.57. The Labute approximate surface area is 120 Å². The highest BCUT2D eigenvalue weighted by Crippen LogP contribution is 2.33. The highest BCUT2D eigenvalue weighted by atomic mass is 16.6. The van der Waals surface area contributed by atoms with Crippen molar-refractivity contribution in [3.05, 3.63) is 18.2 Å². The number of nitrogens with zero attached hydrogens (tertiary/aromatic N) is 3. The van der Waals surface area contributed by atoms with Gasteiger partial charge in [-0.3, -0.25) is 4.90 Å². The number of imidazole rings is 1. The van der Waals surface area contributed by atoms with E-state index in [1.807, 2.05) is 38.2 Å². The van der Waals surface area contributed by atoms with Crippen molar-refractivity contribution in [1.82, 2.24) is 14.5 Å². The van der Waals surface area contributed by atoms with Crippen LogP contribution in [0.1, 0.15) is 58.7 Å². The molecule has 1 aliphatic rings. The molecule has 1 amide bonds. The fraction of sp³-hybridized carbons (Fsp3) is 0.733. The molecule has 5 nitrogen and oxygen atoms in total. The van der Waals surface area contributed by atoms with Crippen LogP contribution in [0, 0.1) is 0 Å². The summed E-state index contributed by atoms with van der Waals surface area (Å²) in [4.78, 5) is 18.4. The summed E-state index contributed by atoms with van der Waals surface area (Å²) in [5.41, 5.74) is 0.670. The molecule has 1 aromatic heterocycles. The SMILES string of the molecule is CCCn1cncc1C1CCCN1C(=O)OC(C)(C)C. The van der Waals surface area contributed by atoms with E-state index in [1.165, 1.54) is 0 Å². The van der Waals surface area contributed by atoms with Crippen molar-refractivity contribution in [3.63, 3.8) is 0 Å². The molecule has 1 saturated heterocycles. The maximum atomic E-state index is 12.3. The molecular formula is C15H25N3O2. The van der Waals surface area contributed by atoms with Crippen LogP contribution in [0.4, 0.5) is 4.79 Å². The van der Waals surface area contributed by atoms with Crippen molar-refractivity contribution in [3.8, 4) is 0 Å². The average molecular weight is 279 g/mol. The number of rotatable bonds is 3. The van der Waals surface area contributed by atoms with Gasteiger partial charge in [0, 0.05) is 13.1 Å². The molecule has 2 heterocycles. The van der Waals surface area contributed by atoms with Crippen LogP contribution in [0.5, 0.6) is 0 Å². The number of aromatic nitrogens is 2. The summed E-state index contributed by atoms with van der Waals surface area (Å²) >= 11 is 0. The Morgan fingerprint density at radius 1 is 1.50 bits per heavy atom. The minimum atomic E-state index is -0.451. The van der Waals surface area contributed by atoms with Crippen LogP contribution in [0.15, 0.2) is 12.5 Å². The van der Waals surface area contributed by atoms with Gasteiger partial charge in [-0.05, 0) is 40.0 Å². The van der Waals surface area contributed by atoms with E-state index in [1.54, 1.807) is 0 Å². The molecule has 0 radical (unpaired) electrons. The lowest BCUT2D eigenvalue weighted by molar-refractivity contribution is 0.0219. The van der Waals surface area contributed by atoms with Crippen molar-refractivity contribution in [2.75, 3.05) is 6.54 Å². The molecule has 0 aromatic carbocycles. The van der Waals surface area contributed by atoms with Gasteiger partial charge in [-0.25, -0.2) is 9.78 Å². The van der Waals surface area contributed by atoms with Gasteiger partial charge in [0.05, 0.1) is 24.3 Å². The first-order valence-corrected chi connectivity index (χ1v) is 7.42. The Balaban J connectivity index is 2.14. The first kappa shape index (κ1) is 14.9. The number of carbonyl (C=O) groups is 1. The van der Waals surface area contributed by atoms with Gasteiger partial charge in [0.15, 0.2) is 0 Å². The minimum Gasteiger partial charge on any atom is -0.444 e. The molecule has 1 fully saturated rings. The van der Waals surface area contributed by atoms with Gasteiger partial charge in [-0.1, -0.05) is 6.92 Å². The number of likely N-dealkylation sites (tertiary alicyclic amines) is 1. The molecule has 0 N–H and O–H groups in total. The second-order valence-electron chi connectivity index (χ2n) is 6.34. The molecule has 2 rings (SSSR count). The van der Waals surface area contributed by atoms with Gasteiger partial charge in [0.25, 0.3) is 0 Å². The number of amides is 1. The highest BCUT2D eigenvalue weighted by molar-refractivity contribution is 5.69. The van der Waals surface area contributed by atoms with Gasteiger partial charge in [0.1, 0.15) is 5.60 Å². The monoisotopic (exact) mass is 279 g/mol. The van der Waals surface area contributed by atoms with Gasteiger partial charge < -0.3 is 9.30 Å². The number of ether oxygens (including phenoxy) is 1. The summed E-state index contributed by atoms with van der Waals surface area (Å²) in [5.74, 6) is 0. The van der Waals surface area contributed by atoms with Crippen molar-refractivity contribution in [2.45, 2.75) is 65.1 Å². The smallest absolute Gasteiger partial charge is 0.410 e. The lowest BCUT2D eigenvalue weighted by Crippen LogP contribution is -2.37. The standard InChI is InChI=1S/C15H25N3O2/c1-5-8-17-11-16-10-13(17)12-7-6-9-18(12)14(19)20-15(2,3)4/h10-12H,5-9H2,1-4H3. The first-order chi connectivity index (χ1) is 9.42. The van der Waals surface area contributed by atoms with Gasteiger partial charge >= 0.3 is 6.09 Å². The lowest BCUT2D eigenvalue weighted by atomic mass is 10.1. The van der Waals surface area contributed by atoms with E-state index in [0.29, 0.717) is 0 Å². The molecule has 5 heteroatoms. The lowest BCUT2D eigenvalue weighted by Gasteiger charge is -2.29. The highest BCUT2D eigenvalue weighted by Gasteiger charge is 2.34. The summed E-state index contributed by atoms with van der Waals surface area (Å²) in [6.45, 7) is 9.54. The molecule has 0 bridgehead atoms. The minimum absolute atomic E-state index is 0.0962. The van der Waals surface area contributed by atoms with Crippen LogP contribution in [0.3, 0.4) is 0 Å². The largest absolute Gasteiger partial charge is 0.444 e. The fourth-order valence-electron chi connectivity index (χ4n) is 2.65. The van der Waals surface area contributed by atoms with E-state index in [4.69, 9.17) is 4.74 Å². The predicted molar refractivity (Wildman–Crippen MR) is 77.4 cm³/mol. The summed E-state index contributed by atoms with van der Waals surface area (Å²) in [6, 6.07) is 0.0962. The fourth-order valence-corrected chi connectivity index (χ4v) is 2.65. The molecule has 1 atom stereocenters. The zero-order valence-electron chi connectivity index (χ0n) is 12.9. The second kappa shape index (κ2) is 5.85. The molecule has 20 heavy (non-hydrogen) atoms. The molecule has 0 spiro atoms. The summed E-state index contributed by atoms with van der Waals surface area (Å²) < 4.78 is 7.65. The molecule has 112 valence electrons. The Kier molecular flexibility index (Phi) is 4.35. The van der Waals surface area contributed by atoms with E-state index in [-0.39, 0.29) is 12.1 Å². The summed E-state index contributed by atoms with van der Waals surface area (Å²) in [7, 11) is 0. The van der Waals surface area contributed by atoms with Crippen LogP contribution < -0.4 is 0 Å². The Hall–Kier alpha value is -1.52. The normalized spacial score (nSPS) is 19.4. The molecule has 1 unspecified atom stereocenters. The van der Waals surface area contributed by atoms with Gasteiger partial charge in [-0.2, -0.15) is 0 Å². The first-order valence-electron chi connectivity index (χ1n) is 7.42. The van der Waals surface area contributed by atoms with E-state index in [9.17, 15) is 4.79 Å². The van der Waals surface area contributed by atoms with E-state index >= 15 is 0 Å². The number of carbonyl (C=O) groups excluding carboxylic acids is 1. The number of hydrogen-bond acceptors (Lipinski definition) is 3. The van der Waals surface area contributed by atoms with Gasteiger partial charge in [-0.15, -0.1) is 0 Å². The maximum Gasteiger partial charge on any atom is 0.410 e. The van der Waals surface area contributed by atoms with Crippen LogP contribution in [-0.2, 0) is 11.3 Å². The quantitative estimate of drug-likeness (QED) is 0.852. The Morgan fingerprint density at radius 2 is 2.25 bits per heavy atom. The van der Waals surface area contributed by atoms with Crippen molar-refractivity contribution in [2.24, 2.45) is 0 Å². The van der Waals surface area contributed by atoms with E-state index < -0.39 is 5.60 Å². The third-order valence-electron chi connectivity index (χ3n) is 3.43. The van der Waals surface area contributed by atoms with Crippen LogP contribution in [0.2, 0.25) is 0 Å². The van der Waals surface area contributed by atoms with E-state index in [0.717, 1.165) is 38.0 Å². The topological polar surface area (TPSA) is 47.4 Å². The zero-order valence-corrected chi connectivity index (χ0v) is 12.9. The average Bonchev–Trinajstić information content (AvgIpc) is 2.93. The van der Waals surface area contributed by atoms with Gasteiger partial charge in [0.2, 0.25) is 0 Å². The van der Waals surface area contributed by atoms with Crippen LogP contribution in [0.25, 0.3) is 0 Å². The Bertz CT molecular complexity index is 462. The van der Waals surface area contributed by atoms with E-state index in [2.05, 4.69) is 16.5 Å². The molecule has 0 aliphatic carbocycles.